The average molecular weight is 337 g/mol. The Morgan fingerprint density at radius 3 is 2.67 bits per heavy atom. The van der Waals surface area contributed by atoms with E-state index >= 15 is 0 Å². The topological polar surface area (TPSA) is 65.9 Å². The summed E-state index contributed by atoms with van der Waals surface area (Å²) in [5.74, 6) is 0.966. The van der Waals surface area contributed by atoms with Gasteiger partial charge in [0.2, 0.25) is 0 Å². The van der Waals surface area contributed by atoms with Crippen molar-refractivity contribution in [1.82, 2.24) is 10.6 Å². The van der Waals surface area contributed by atoms with E-state index in [2.05, 4.69) is 15.6 Å². The fourth-order valence-corrected chi connectivity index (χ4v) is 2.73. The van der Waals surface area contributed by atoms with Gasteiger partial charge in [-0.3, -0.25) is 4.99 Å². The minimum absolute atomic E-state index is 0.123. The van der Waals surface area contributed by atoms with Gasteiger partial charge in [0.1, 0.15) is 24.3 Å². The van der Waals surface area contributed by atoms with Crippen molar-refractivity contribution in [3.05, 3.63) is 30.1 Å². The predicted octanol–water partition coefficient (Wildman–Crippen LogP) is 2.45. The smallest absolute Gasteiger partial charge is 0.191 e. The highest BCUT2D eigenvalue weighted by atomic mass is 19.1. The number of benzene rings is 1. The number of rotatable bonds is 7. The molecule has 0 aromatic heterocycles. The summed E-state index contributed by atoms with van der Waals surface area (Å²) in [4.78, 5) is 4.44. The highest BCUT2D eigenvalue weighted by molar-refractivity contribution is 5.80. The maximum absolute atomic E-state index is 12.8. The summed E-state index contributed by atoms with van der Waals surface area (Å²) in [7, 11) is 0. The number of hydrogen-bond donors (Lipinski definition) is 3. The summed E-state index contributed by atoms with van der Waals surface area (Å²) >= 11 is 0. The van der Waals surface area contributed by atoms with Gasteiger partial charge in [0, 0.05) is 12.6 Å². The van der Waals surface area contributed by atoms with Crippen LogP contribution in [0.2, 0.25) is 0 Å². The molecule has 1 aliphatic carbocycles. The first kappa shape index (κ1) is 18.5. The SMILES string of the molecule is CCNC(=NCC(O)COc1ccc(F)cc1)NC1CCCCC1. The molecule has 0 radical (unpaired) electrons. The van der Waals surface area contributed by atoms with Crippen molar-refractivity contribution in [1.29, 1.82) is 0 Å². The quantitative estimate of drug-likeness (QED) is 0.528. The number of aliphatic imine (C=N–C) groups is 1. The zero-order valence-corrected chi connectivity index (χ0v) is 14.3. The monoisotopic (exact) mass is 337 g/mol. The molecule has 24 heavy (non-hydrogen) atoms. The fourth-order valence-electron chi connectivity index (χ4n) is 2.73. The number of aliphatic hydroxyl groups is 1. The second kappa shape index (κ2) is 10.1. The van der Waals surface area contributed by atoms with Crippen molar-refractivity contribution in [2.75, 3.05) is 19.7 Å². The first-order valence-electron chi connectivity index (χ1n) is 8.78. The molecule has 2 rings (SSSR count). The normalized spacial score (nSPS) is 17.4. The highest BCUT2D eigenvalue weighted by Crippen LogP contribution is 2.17. The number of nitrogens with one attached hydrogen (secondary N) is 2. The molecule has 0 amide bonds. The van der Waals surface area contributed by atoms with Crippen LogP contribution in [0.15, 0.2) is 29.3 Å². The van der Waals surface area contributed by atoms with Crippen LogP contribution < -0.4 is 15.4 Å². The van der Waals surface area contributed by atoms with E-state index in [0.29, 0.717) is 11.8 Å². The third-order valence-electron chi connectivity index (χ3n) is 4.01. The third-order valence-corrected chi connectivity index (χ3v) is 4.01. The van der Waals surface area contributed by atoms with Gasteiger partial charge < -0.3 is 20.5 Å². The van der Waals surface area contributed by atoms with Crippen LogP contribution in [-0.4, -0.2) is 42.9 Å². The van der Waals surface area contributed by atoms with Crippen LogP contribution >= 0.6 is 0 Å². The maximum Gasteiger partial charge on any atom is 0.191 e. The van der Waals surface area contributed by atoms with E-state index in [4.69, 9.17) is 4.74 Å². The van der Waals surface area contributed by atoms with Gasteiger partial charge in [-0.2, -0.15) is 0 Å². The van der Waals surface area contributed by atoms with Gasteiger partial charge in [-0.05, 0) is 44.0 Å². The Kier molecular flexibility index (Phi) is 7.82. The lowest BCUT2D eigenvalue weighted by molar-refractivity contribution is 0.114. The van der Waals surface area contributed by atoms with Gasteiger partial charge in [-0.1, -0.05) is 19.3 Å². The third kappa shape index (κ3) is 6.74. The molecule has 1 saturated carbocycles. The Bertz CT molecular complexity index is 501. The lowest BCUT2D eigenvalue weighted by Gasteiger charge is -2.25. The fraction of sp³-hybridized carbons (Fsp3) is 0.611. The van der Waals surface area contributed by atoms with Crippen LogP contribution in [0.5, 0.6) is 5.75 Å². The second-order valence-electron chi connectivity index (χ2n) is 6.12. The van der Waals surface area contributed by atoms with Gasteiger partial charge in [0.25, 0.3) is 0 Å². The molecule has 1 aromatic carbocycles. The van der Waals surface area contributed by atoms with Crippen molar-refractivity contribution < 1.29 is 14.2 Å². The number of aliphatic hydroxyl groups excluding tert-OH is 1. The molecule has 5 nitrogen and oxygen atoms in total. The summed E-state index contributed by atoms with van der Waals surface area (Å²) < 4.78 is 18.3. The minimum atomic E-state index is -0.711. The van der Waals surface area contributed by atoms with Gasteiger partial charge >= 0.3 is 0 Å². The summed E-state index contributed by atoms with van der Waals surface area (Å²) in [5.41, 5.74) is 0. The second-order valence-corrected chi connectivity index (χ2v) is 6.12. The van der Waals surface area contributed by atoms with E-state index in [1.54, 1.807) is 12.1 Å². The van der Waals surface area contributed by atoms with Crippen LogP contribution in [-0.2, 0) is 0 Å². The Labute approximate surface area is 143 Å². The number of guanidine groups is 1. The van der Waals surface area contributed by atoms with Crippen molar-refractivity contribution in [3.8, 4) is 5.75 Å². The Balaban J connectivity index is 1.77. The lowest BCUT2D eigenvalue weighted by Crippen LogP contribution is -2.44. The number of ether oxygens (including phenoxy) is 1. The zero-order chi connectivity index (χ0) is 17.2. The van der Waals surface area contributed by atoms with Gasteiger partial charge in [0.05, 0.1) is 6.54 Å². The molecule has 6 heteroatoms. The molecule has 0 bridgehead atoms. The zero-order valence-electron chi connectivity index (χ0n) is 14.3. The molecule has 0 spiro atoms. The van der Waals surface area contributed by atoms with Crippen LogP contribution in [0.4, 0.5) is 4.39 Å². The first-order valence-corrected chi connectivity index (χ1v) is 8.78. The summed E-state index contributed by atoms with van der Waals surface area (Å²) in [6.45, 7) is 3.17. The first-order chi connectivity index (χ1) is 11.7. The molecule has 1 aliphatic rings. The van der Waals surface area contributed by atoms with E-state index in [-0.39, 0.29) is 19.0 Å². The Morgan fingerprint density at radius 2 is 2.00 bits per heavy atom. The van der Waals surface area contributed by atoms with Crippen LogP contribution in [0, 0.1) is 5.82 Å². The molecular formula is C18H28FN3O2. The van der Waals surface area contributed by atoms with Crippen molar-refractivity contribution in [2.45, 2.75) is 51.2 Å². The predicted molar refractivity (Wildman–Crippen MR) is 93.9 cm³/mol. The van der Waals surface area contributed by atoms with E-state index in [0.717, 1.165) is 12.5 Å². The van der Waals surface area contributed by atoms with E-state index in [1.807, 2.05) is 6.92 Å². The largest absolute Gasteiger partial charge is 0.491 e. The minimum Gasteiger partial charge on any atom is -0.491 e. The van der Waals surface area contributed by atoms with E-state index < -0.39 is 6.10 Å². The summed E-state index contributed by atoms with van der Waals surface area (Å²) in [6.07, 6.45) is 5.44. The highest BCUT2D eigenvalue weighted by Gasteiger charge is 2.14. The van der Waals surface area contributed by atoms with Gasteiger partial charge in [0.15, 0.2) is 5.96 Å². The molecule has 3 N–H and O–H groups in total. The van der Waals surface area contributed by atoms with Gasteiger partial charge in [-0.25, -0.2) is 4.39 Å². The molecule has 0 heterocycles. The lowest BCUT2D eigenvalue weighted by atomic mass is 9.96. The van der Waals surface area contributed by atoms with Gasteiger partial charge in [-0.15, -0.1) is 0 Å². The Hall–Kier alpha value is -1.82. The number of hydrogen-bond acceptors (Lipinski definition) is 3. The van der Waals surface area contributed by atoms with Crippen molar-refractivity contribution in [3.63, 3.8) is 0 Å². The molecule has 134 valence electrons. The number of halogens is 1. The standard InChI is InChI=1S/C18H28FN3O2/c1-2-20-18(22-15-6-4-3-5-7-15)21-12-16(23)13-24-17-10-8-14(19)9-11-17/h8-11,15-16,23H,2-7,12-13H2,1H3,(H2,20,21,22). The Morgan fingerprint density at radius 1 is 1.29 bits per heavy atom. The molecule has 0 saturated heterocycles. The molecule has 1 fully saturated rings. The van der Waals surface area contributed by atoms with Crippen molar-refractivity contribution >= 4 is 5.96 Å². The summed E-state index contributed by atoms with van der Waals surface area (Å²) in [6, 6.07) is 6.21. The molecule has 0 aliphatic heterocycles. The van der Waals surface area contributed by atoms with E-state index in [9.17, 15) is 9.50 Å². The van der Waals surface area contributed by atoms with Crippen LogP contribution in [0.1, 0.15) is 39.0 Å². The van der Waals surface area contributed by atoms with E-state index in [1.165, 1.54) is 44.2 Å². The molecule has 1 unspecified atom stereocenters. The summed E-state index contributed by atoms with van der Waals surface area (Å²) in [5, 5.41) is 16.7. The van der Waals surface area contributed by atoms with Crippen LogP contribution in [0.25, 0.3) is 0 Å². The maximum atomic E-state index is 12.8. The average Bonchev–Trinajstić information content (AvgIpc) is 2.60. The van der Waals surface area contributed by atoms with Crippen LogP contribution in [0.3, 0.4) is 0 Å². The molecular weight excluding hydrogens is 309 g/mol. The molecule has 1 aromatic rings. The number of nitrogens with zero attached hydrogens (tertiary/aromatic N) is 1. The molecule has 1 atom stereocenters. The van der Waals surface area contributed by atoms with Crippen molar-refractivity contribution in [2.24, 2.45) is 4.99 Å².